The summed E-state index contributed by atoms with van der Waals surface area (Å²) >= 11 is 0. The quantitative estimate of drug-likeness (QED) is 0.222. The first kappa shape index (κ1) is 34.7. The Kier molecular flexibility index (Phi) is 8.60. The molecule has 1 atom stereocenters. The van der Waals surface area contributed by atoms with Gasteiger partial charge in [-0.15, -0.1) is 0 Å². The van der Waals surface area contributed by atoms with Crippen LogP contribution in [0.25, 0.3) is 22.3 Å². The molecule has 1 aliphatic carbocycles. The summed E-state index contributed by atoms with van der Waals surface area (Å²) in [5, 5.41) is 13.5. The predicted molar refractivity (Wildman–Crippen MR) is 199 cm³/mol. The summed E-state index contributed by atoms with van der Waals surface area (Å²) in [5.74, 6) is -0.148. The molecule has 2 N–H and O–H groups in total. The number of carbonyl (C=O) groups is 2. The number of nitrogens with one attached hydrogen (secondary N) is 1. The Hall–Kier alpha value is -4.42. The number of benzene rings is 1. The predicted octanol–water partition coefficient (Wildman–Crippen LogP) is 6.20. The molecule has 3 aliphatic heterocycles. The highest BCUT2D eigenvalue weighted by Crippen LogP contribution is 2.52. The van der Waals surface area contributed by atoms with Crippen LogP contribution in [0, 0.1) is 11.2 Å². The second kappa shape index (κ2) is 12.9. The van der Waals surface area contributed by atoms with E-state index in [0.717, 1.165) is 53.8 Å². The van der Waals surface area contributed by atoms with E-state index in [0.29, 0.717) is 55.3 Å². The molecule has 0 bridgehead atoms. The Morgan fingerprint density at radius 2 is 1.85 bits per heavy atom. The summed E-state index contributed by atoms with van der Waals surface area (Å²) in [6, 6.07) is 10.4. The number of hydrogen-bond acceptors (Lipinski definition) is 8. The standard InChI is InChI=1S/C40H49FN8O3/c1-6-34(50)37(51)46-15-11-40(12-16-46)28-8-7-25(17-33(28)49(38(40)52)27-18-26(19-27)47-14-10-39(4,5)22-47)31-20-32-35(48(23-43-32)24(2)3)36(45-31)44-30-9-13-42-21-29(30)41/h7-9,13,17,20-21,23-24,26-27,34,50H,6,10-12,14-16,18-19,22H2,1-5H3,(H,42,44,45)/t26?,27?,34-/m1/s1. The fourth-order valence-electron chi connectivity index (χ4n) is 8.91. The number of amides is 2. The van der Waals surface area contributed by atoms with Gasteiger partial charge in [-0.25, -0.2) is 14.4 Å². The van der Waals surface area contributed by atoms with Crippen molar-refractivity contribution in [3.8, 4) is 11.3 Å². The number of imidazole rings is 1. The van der Waals surface area contributed by atoms with Crippen LogP contribution >= 0.6 is 0 Å². The minimum absolute atomic E-state index is 0.0836. The third-order valence-corrected chi connectivity index (χ3v) is 12.1. The van der Waals surface area contributed by atoms with Crippen LogP contribution in [0.1, 0.15) is 84.7 Å². The lowest BCUT2D eigenvalue weighted by Gasteiger charge is -2.46. The fraction of sp³-hybridized carbons (Fsp3) is 0.525. The van der Waals surface area contributed by atoms with E-state index < -0.39 is 17.3 Å². The van der Waals surface area contributed by atoms with Crippen LogP contribution in [0.3, 0.4) is 0 Å². The second-order valence-electron chi connectivity index (χ2n) is 16.4. The molecular weight excluding hydrogens is 659 g/mol. The molecular formula is C40H49FN8O3. The number of aliphatic hydroxyl groups is 1. The highest BCUT2D eigenvalue weighted by Gasteiger charge is 2.56. The van der Waals surface area contributed by atoms with E-state index in [4.69, 9.17) is 9.97 Å². The van der Waals surface area contributed by atoms with Crippen LogP contribution in [-0.4, -0.2) is 90.6 Å². The van der Waals surface area contributed by atoms with Crippen LogP contribution in [-0.2, 0) is 15.0 Å². The number of rotatable bonds is 8. The zero-order chi connectivity index (χ0) is 36.5. The highest BCUT2D eigenvalue weighted by atomic mass is 19.1. The molecule has 52 heavy (non-hydrogen) atoms. The van der Waals surface area contributed by atoms with E-state index in [2.05, 4.69) is 59.9 Å². The average molecular weight is 709 g/mol. The summed E-state index contributed by atoms with van der Waals surface area (Å²) in [6.07, 6.45) is 7.90. The first-order valence-electron chi connectivity index (χ1n) is 18.8. The van der Waals surface area contributed by atoms with Gasteiger partial charge in [-0.05, 0) is 88.1 Å². The van der Waals surface area contributed by atoms with Crippen molar-refractivity contribution in [1.29, 1.82) is 0 Å². The maximum Gasteiger partial charge on any atom is 0.251 e. The summed E-state index contributed by atoms with van der Waals surface area (Å²) in [5.41, 5.74) is 4.74. The van der Waals surface area contributed by atoms with Crippen molar-refractivity contribution in [1.82, 2.24) is 29.3 Å². The molecule has 12 heteroatoms. The number of carbonyl (C=O) groups excluding carboxylic acids is 2. The molecule has 1 spiro atoms. The van der Waals surface area contributed by atoms with Gasteiger partial charge in [-0.2, -0.15) is 0 Å². The lowest BCUT2D eigenvalue weighted by Crippen LogP contribution is -2.58. The monoisotopic (exact) mass is 708 g/mol. The van der Waals surface area contributed by atoms with E-state index in [9.17, 15) is 19.1 Å². The third kappa shape index (κ3) is 5.74. The Morgan fingerprint density at radius 1 is 1.08 bits per heavy atom. The molecule has 3 aromatic heterocycles. The molecule has 4 aliphatic rings. The van der Waals surface area contributed by atoms with Crippen LogP contribution in [0.4, 0.5) is 21.6 Å². The molecule has 2 amide bonds. The van der Waals surface area contributed by atoms with Gasteiger partial charge in [0.15, 0.2) is 11.6 Å². The zero-order valence-electron chi connectivity index (χ0n) is 30.8. The fourth-order valence-corrected chi connectivity index (χ4v) is 8.91. The van der Waals surface area contributed by atoms with Crippen molar-refractivity contribution < 1.29 is 19.1 Å². The maximum atomic E-state index is 14.8. The Balaban J connectivity index is 1.17. The molecule has 274 valence electrons. The minimum Gasteiger partial charge on any atom is -0.383 e. The number of hydrogen-bond donors (Lipinski definition) is 2. The summed E-state index contributed by atoms with van der Waals surface area (Å²) in [6.45, 7) is 13.6. The first-order valence-corrected chi connectivity index (χ1v) is 18.8. The smallest absolute Gasteiger partial charge is 0.251 e. The van der Waals surface area contributed by atoms with E-state index in [1.165, 1.54) is 18.8 Å². The van der Waals surface area contributed by atoms with Crippen molar-refractivity contribution in [2.75, 3.05) is 36.4 Å². The SMILES string of the molecule is CC[C@@H](O)C(=O)N1CCC2(CC1)C(=O)N(C1CC(N3CCC(C)(C)C3)C1)c1cc(-c3cc4ncn(C(C)C)c4c(Nc4ccncc4F)n3)ccc12. The minimum atomic E-state index is -1.02. The van der Waals surface area contributed by atoms with E-state index in [1.807, 2.05) is 16.7 Å². The van der Waals surface area contributed by atoms with Crippen LogP contribution in [0.2, 0.25) is 0 Å². The Bertz CT molecular complexity index is 2030. The van der Waals surface area contributed by atoms with Crippen molar-refractivity contribution >= 4 is 40.0 Å². The van der Waals surface area contributed by atoms with Crippen molar-refractivity contribution in [2.24, 2.45) is 5.41 Å². The van der Waals surface area contributed by atoms with Crippen LogP contribution in [0.15, 0.2) is 49.1 Å². The van der Waals surface area contributed by atoms with Crippen molar-refractivity contribution in [3.63, 3.8) is 0 Å². The van der Waals surface area contributed by atoms with Gasteiger partial charge in [0.2, 0.25) is 5.91 Å². The lowest BCUT2D eigenvalue weighted by molar-refractivity contribution is -0.143. The van der Waals surface area contributed by atoms with Gasteiger partial charge in [0.05, 0.1) is 34.8 Å². The second-order valence-corrected chi connectivity index (χ2v) is 16.4. The van der Waals surface area contributed by atoms with Gasteiger partial charge in [0.25, 0.3) is 5.91 Å². The molecule has 11 nitrogen and oxygen atoms in total. The van der Waals surface area contributed by atoms with E-state index >= 15 is 0 Å². The number of halogens is 1. The molecule has 4 aromatic rings. The topological polar surface area (TPSA) is 120 Å². The Morgan fingerprint density at radius 3 is 2.52 bits per heavy atom. The average Bonchev–Trinajstić information content (AvgIpc) is 3.77. The molecule has 1 aromatic carbocycles. The number of anilines is 3. The number of nitrogens with zero attached hydrogens (tertiary/aromatic N) is 7. The summed E-state index contributed by atoms with van der Waals surface area (Å²) in [7, 11) is 0. The molecule has 1 saturated carbocycles. The number of piperidine rings is 1. The molecule has 0 unspecified atom stereocenters. The van der Waals surface area contributed by atoms with Gasteiger partial charge >= 0.3 is 0 Å². The molecule has 3 fully saturated rings. The maximum absolute atomic E-state index is 14.8. The van der Waals surface area contributed by atoms with Crippen LogP contribution in [0.5, 0.6) is 0 Å². The van der Waals surface area contributed by atoms with E-state index in [1.54, 1.807) is 24.2 Å². The Labute approximate surface area is 304 Å². The molecule has 6 heterocycles. The summed E-state index contributed by atoms with van der Waals surface area (Å²) < 4.78 is 16.9. The number of pyridine rings is 2. The van der Waals surface area contributed by atoms with Crippen molar-refractivity contribution in [3.05, 3.63) is 60.4 Å². The van der Waals surface area contributed by atoms with Gasteiger partial charge in [-0.3, -0.25) is 19.5 Å². The third-order valence-electron chi connectivity index (χ3n) is 12.1. The van der Waals surface area contributed by atoms with Gasteiger partial charge in [0, 0.05) is 55.2 Å². The largest absolute Gasteiger partial charge is 0.383 e. The normalized spacial score (nSPS) is 23.0. The molecule has 2 saturated heterocycles. The molecule has 8 rings (SSSR count). The molecule has 0 radical (unpaired) electrons. The number of likely N-dealkylation sites (tertiary alicyclic amines) is 2. The number of aromatic nitrogens is 4. The number of fused-ring (bicyclic) bond motifs is 3. The van der Waals surface area contributed by atoms with Gasteiger partial charge in [-0.1, -0.05) is 32.9 Å². The van der Waals surface area contributed by atoms with Crippen LogP contribution < -0.4 is 10.2 Å². The lowest BCUT2D eigenvalue weighted by atomic mass is 9.73. The summed E-state index contributed by atoms with van der Waals surface area (Å²) in [4.78, 5) is 47.8. The van der Waals surface area contributed by atoms with E-state index in [-0.39, 0.29) is 29.6 Å². The first-order chi connectivity index (χ1) is 24.9. The number of aliphatic hydroxyl groups excluding tert-OH is 1. The zero-order valence-corrected chi connectivity index (χ0v) is 30.8. The highest BCUT2D eigenvalue weighted by molar-refractivity contribution is 6.09. The van der Waals surface area contributed by atoms with Gasteiger partial charge in [0.1, 0.15) is 11.6 Å². The van der Waals surface area contributed by atoms with Crippen molar-refractivity contribution in [2.45, 2.75) is 103 Å². The van der Waals surface area contributed by atoms with Gasteiger partial charge < -0.3 is 24.8 Å².